The minimum Gasteiger partial charge on any atom is -0.484 e. The zero-order valence-corrected chi connectivity index (χ0v) is 20.6. The number of ketones is 1. The molecule has 7 heteroatoms. The Bertz CT molecular complexity index is 1030. The highest BCUT2D eigenvalue weighted by molar-refractivity contribution is 7.86. The van der Waals surface area contributed by atoms with E-state index in [2.05, 4.69) is 13.8 Å². The molecule has 31 heavy (non-hydrogen) atoms. The maximum absolute atomic E-state index is 12.1. The fraction of sp³-hybridized carbons (Fsp3) is 0.458. The van der Waals surface area contributed by atoms with E-state index in [-0.39, 0.29) is 18.1 Å². The summed E-state index contributed by atoms with van der Waals surface area (Å²) in [5.74, 6) is 0.955. The smallest absolute Gasteiger partial charge is 0.306 e. The fourth-order valence-corrected chi connectivity index (χ4v) is 3.87. The average Bonchev–Trinajstić information content (AvgIpc) is 2.66. The fourth-order valence-electron chi connectivity index (χ4n) is 3.17. The van der Waals surface area contributed by atoms with E-state index in [1.165, 1.54) is 0 Å². The van der Waals surface area contributed by atoms with Crippen molar-refractivity contribution < 1.29 is 22.1 Å². The Labute approximate surface area is 190 Å². The van der Waals surface area contributed by atoms with Crippen LogP contribution in [0.1, 0.15) is 58.9 Å². The number of Topliss-reactive ketones (excluding diaryl/α,β-unsaturated/α-hetero) is 1. The second-order valence-corrected chi connectivity index (χ2v) is 10.6. The molecule has 2 aromatic carbocycles. The number of benzene rings is 2. The molecule has 0 unspecified atom stereocenters. The standard InChI is InChI=1S/C24H31ClO5S/c1-7-16(8-2)17-9-11-21(30-31(6,27)28)19(13-17)18-10-12-22(20(25)14-18)29-15-23(26)24(3,4)5/h9-14,16H,7-8,15H2,1-6H3. The van der Waals surface area contributed by atoms with Gasteiger partial charge in [-0.25, -0.2) is 0 Å². The first-order valence-corrected chi connectivity index (χ1v) is 12.5. The summed E-state index contributed by atoms with van der Waals surface area (Å²) < 4.78 is 34.4. The van der Waals surface area contributed by atoms with E-state index in [1.54, 1.807) is 24.3 Å². The minimum absolute atomic E-state index is 0.0330. The van der Waals surface area contributed by atoms with Gasteiger partial charge in [0.1, 0.15) is 18.1 Å². The Morgan fingerprint density at radius 1 is 1.03 bits per heavy atom. The summed E-state index contributed by atoms with van der Waals surface area (Å²) in [4.78, 5) is 12.1. The molecule has 0 amide bonds. The van der Waals surface area contributed by atoms with Crippen LogP contribution >= 0.6 is 11.6 Å². The predicted molar refractivity (Wildman–Crippen MR) is 126 cm³/mol. The number of ether oxygens (including phenoxy) is 1. The van der Waals surface area contributed by atoms with Gasteiger partial charge < -0.3 is 8.92 Å². The highest BCUT2D eigenvalue weighted by Crippen LogP contribution is 2.38. The summed E-state index contributed by atoms with van der Waals surface area (Å²) >= 11 is 6.42. The van der Waals surface area contributed by atoms with Crippen molar-refractivity contribution >= 4 is 27.5 Å². The molecule has 5 nitrogen and oxygen atoms in total. The number of hydrogen-bond acceptors (Lipinski definition) is 5. The molecule has 0 fully saturated rings. The first-order valence-electron chi connectivity index (χ1n) is 10.3. The SMILES string of the molecule is CCC(CC)c1ccc(OS(C)(=O)=O)c(-c2ccc(OCC(=O)C(C)(C)C)c(Cl)c2)c1. The van der Waals surface area contributed by atoms with Gasteiger partial charge in [-0.05, 0) is 54.2 Å². The lowest BCUT2D eigenvalue weighted by Gasteiger charge is -2.18. The second-order valence-electron chi connectivity index (χ2n) is 8.66. The van der Waals surface area contributed by atoms with E-state index in [0.717, 1.165) is 24.7 Å². The number of carbonyl (C=O) groups excluding carboxylic acids is 1. The summed E-state index contributed by atoms with van der Waals surface area (Å²) in [5.41, 5.74) is 1.94. The molecule has 0 saturated heterocycles. The van der Waals surface area contributed by atoms with Crippen LogP contribution in [0, 0.1) is 5.41 Å². The maximum Gasteiger partial charge on any atom is 0.306 e. The van der Waals surface area contributed by atoms with Gasteiger partial charge in [0.05, 0.1) is 11.3 Å². The summed E-state index contributed by atoms with van der Waals surface area (Å²) in [6.07, 6.45) is 2.96. The van der Waals surface area contributed by atoms with Gasteiger partial charge in [0.25, 0.3) is 0 Å². The van der Waals surface area contributed by atoms with Crippen molar-refractivity contribution in [1.29, 1.82) is 0 Å². The Kier molecular flexibility index (Phi) is 8.17. The van der Waals surface area contributed by atoms with Crippen LogP contribution in [0.3, 0.4) is 0 Å². The Hall–Kier alpha value is -2.05. The van der Waals surface area contributed by atoms with Gasteiger partial charge in [-0.3, -0.25) is 4.79 Å². The molecule has 0 spiro atoms. The van der Waals surface area contributed by atoms with Gasteiger partial charge in [-0.1, -0.05) is 58.4 Å². The van der Waals surface area contributed by atoms with Crippen molar-refractivity contribution in [1.82, 2.24) is 0 Å². The monoisotopic (exact) mass is 466 g/mol. The van der Waals surface area contributed by atoms with Crippen LogP contribution in [0.4, 0.5) is 0 Å². The molecule has 0 radical (unpaired) electrons. The molecule has 0 aliphatic heterocycles. The molecular weight excluding hydrogens is 436 g/mol. The average molecular weight is 467 g/mol. The maximum atomic E-state index is 12.1. The normalized spacial score (nSPS) is 12.1. The zero-order valence-electron chi connectivity index (χ0n) is 19.0. The lowest BCUT2D eigenvalue weighted by Crippen LogP contribution is -2.26. The Morgan fingerprint density at radius 3 is 2.16 bits per heavy atom. The molecule has 0 aromatic heterocycles. The Balaban J connectivity index is 2.44. The van der Waals surface area contributed by atoms with E-state index in [0.29, 0.717) is 27.8 Å². The molecule has 0 heterocycles. The van der Waals surface area contributed by atoms with Gasteiger partial charge >= 0.3 is 10.1 Å². The highest BCUT2D eigenvalue weighted by Gasteiger charge is 2.22. The molecule has 170 valence electrons. The van der Waals surface area contributed by atoms with Gasteiger partial charge in [-0.2, -0.15) is 8.42 Å². The van der Waals surface area contributed by atoms with E-state index in [9.17, 15) is 13.2 Å². The molecule has 2 aromatic rings. The first kappa shape index (κ1) is 25.2. The lowest BCUT2D eigenvalue weighted by atomic mass is 9.91. The van der Waals surface area contributed by atoms with Crippen molar-refractivity contribution in [2.45, 2.75) is 53.4 Å². The van der Waals surface area contributed by atoms with Crippen LogP contribution in [0.2, 0.25) is 5.02 Å². The number of halogens is 1. The first-order chi connectivity index (χ1) is 14.4. The molecule has 0 atom stereocenters. The zero-order chi connectivity index (χ0) is 23.4. The van der Waals surface area contributed by atoms with Crippen molar-refractivity contribution in [3.05, 3.63) is 47.0 Å². The van der Waals surface area contributed by atoms with E-state index in [1.807, 2.05) is 32.9 Å². The van der Waals surface area contributed by atoms with Crippen molar-refractivity contribution in [2.75, 3.05) is 12.9 Å². The van der Waals surface area contributed by atoms with Crippen LogP contribution in [0.25, 0.3) is 11.1 Å². The molecule has 0 aliphatic rings. The molecular formula is C24H31ClO5S. The third-order valence-electron chi connectivity index (χ3n) is 5.14. The van der Waals surface area contributed by atoms with Crippen LogP contribution in [0.15, 0.2) is 36.4 Å². The predicted octanol–water partition coefficient (Wildman–Crippen LogP) is 6.24. The third-order valence-corrected chi connectivity index (χ3v) is 5.92. The third kappa shape index (κ3) is 6.97. The van der Waals surface area contributed by atoms with E-state index >= 15 is 0 Å². The second kappa shape index (κ2) is 10.0. The summed E-state index contributed by atoms with van der Waals surface area (Å²) in [7, 11) is -3.70. The lowest BCUT2D eigenvalue weighted by molar-refractivity contribution is -0.128. The van der Waals surface area contributed by atoms with Crippen LogP contribution in [0.5, 0.6) is 11.5 Å². The number of hydrogen-bond donors (Lipinski definition) is 0. The summed E-state index contributed by atoms with van der Waals surface area (Å²) in [6, 6.07) is 10.7. The Morgan fingerprint density at radius 2 is 1.65 bits per heavy atom. The molecule has 0 N–H and O–H groups in total. The molecule has 0 bridgehead atoms. The van der Waals surface area contributed by atoms with Gasteiger partial charge in [0.2, 0.25) is 0 Å². The van der Waals surface area contributed by atoms with Crippen LogP contribution in [-0.2, 0) is 14.9 Å². The minimum atomic E-state index is -3.70. The summed E-state index contributed by atoms with van der Waals surface area (Å²) in [6.45, 7) is 9.67. The van der Waals surface area contributed by atoms with Crippen LogP contribution in [-0.4, -0.2) is 27.1 Å². The highest BCUT2D eigenvalue weighted by atomic mass is 35.5. The topological polar surface area (TPSA) is 69.7 Å². The van der Waals surface area contributed by atoms with Gasteiger partial charge in [0, 0.05) is 11.0 Å². The quantitative estimate of drug-likeness (QED) is 0.409. The number of rotatable bonds is 9. The molecule has 0 aliphatic carbocycles. The van der Waals surface area contributed by atoms with Gasteiger partial charge in [-0.15, -0.1) is 0 Å². The summed E-state index contributed by atoms with van der Waals surface area (Å²) in [5, 5.41) is 0.331. The van der Waals surface area contributed by atoms with E-state index in [4.69, 9.17) is 20.5 Å². The van der Waals surface area contributed by atoms with E-state index < -0.39 is 15.5 Å². The van der Waals surface area contributed by atoms with Crippen molar-refractivity contribution in [2.24, 2.45) is 5.41 Å². The van der Waals surface area contributed by atoms with Crippen LogP contribution < -0.4 is 8.92 Å². The van der Waals surface area contributed by atoms with Gasteiger partial charge in [0.15, 0.2) is 5.78 Å². The van der Waals surface area contributed by atoms with Crippen molar-refractivity contribution in [3.8, 4) is 22.6 Å². The molecule has 2 rings (SSSR count). The molecule has 0 saturated carbocycles. The van der Waals surface area contributed by atoms with Crippen molar-refractivity contribution in [3.63, 3.8) is 0 Å². The number of carbonyl (C=O) groups is 1. The largest absolute Gasteiger partial charge is 0.484 e.